The summed E-state index contributed by atoms with van der Waals surface area (Å²) in [6, 6.07) is 33.3. The van der Waals surface area contributed by atoms with Gasteiger partial charge in [0.15, 0.2) is 0 Å². The van der Waals surface area contributed by atoms with E-state index in [4.69, 9.17) is 23.2 Å². The van der Waals surface area contributed by atoms with E-state index in [0.29, 0.717) is 10.0 Å². The van der Waals surface area contributed by atoms with E-state index in [-0.39, 0.29) is 0 Å². The molecule has 2 N–H and O–H groups in total. The van der Waals surface area contributed by atoms with Crippen molar-refractivity contribution in [1.29, 1.82) is 0 Å². The summed E-state index contributed by atoms with van der Waals surface area (Å²) < 4.78 is 0. The molecule has 2 nitrogen and oxygen atoms in total. The molecule has 4 aromatic rings. The fourth-order valence-electron chi connectivity index (χ4n) is 5.27. The molecule has 30 heavy (non-hydrogen) atoms. The Labute approximate surface area is 185 Å². The number of nitrogens with one attached hydrogen (secondary N) is 2. The summed E-state index contributed by atoms with van der Waals surface area (Å²) in [5.41, 5.74) is 5.53. The Bertz CT molecular complexity index is 1170. The highest BCUT2D eigenvalue weighted by Gasteiger charge is 2.65. The van der Waals surface area contributed by atoms with Gasteiger partial charge in [0.05, 0.1) is 0 Å². The molecule has 2 aliphatic heterocycles. The molecule has 146 valence electrons. The third kappa shape index (κ3) is 2.15. The molecule has 0 amide bonds. The third-order valence-corrected chi connectivity index (χ3v) is 6.86. The van der Waals surface area contributed by atoms with Crippen LogP contribution in [-0.4, -0.2) is 0 Å². The number of fused-ring (bicyclic) bond motifs is 5. The van der Waals surface area contributed by atoms with Gasteiger partial charge in [0.2, 0.25) is 0 Å². The SMILES string of the molecule is Clc1ccc2c(c1)[C@@]1(c3ccccc3)Nc3ccc(Cl)cc3[C@@]1(c1ccccc1)N2. The molecule has 0 saturated heterocycles. The van der Waals surface area contributed by atoms with E-state index >= 15 is 0 Å². The molecule has 4 heteroatoms. The first kappa shape index (κ1) is 17.9. The van der Waals surface area contributed by atoms with E-state index in [9.17, 15) is 0 Å². The maximum absolute atomic E-state index is 6.51. The molecule has 0 spiro atoms. The van der Waals surface area contributed by atoms with Crippen molar-refractivity contribution in [3.63, 3.8) is 0 Å². The molecule has 0 bridgehead atoms. The largest absolute Gasteiger partial charge is 0.369 e. The first-order valence-electron chi connectivity index (χ1n) is 9.93. The normalized spacial score (nSPS) is 23.1. The average Bonchev–Trinajstić information content (AvgIpc) is 3.23. The Morgan fingerprint density at radius 2 is 0.900 bits per heavy atom. The zero-order valence-electron chi connectivity index (χ0n) is 16.0. The van der Waals surface area contributed by atoms with Crippen LogP contribution in [0.15, 0.2) is 97.1 Å². The Morgan fingerprint density at radius 3 is 1.30 bits per heavy atom. The Kier molecular flexibility index (Phi) is 3.74. The van der Waals surface area contributed by atoms with Crippen molar-refractivity contribution in [3.8, 4) is 0 Å². The fourth-order valence-corrected chi connectivity index (χ4v) is 5.61. The fraction of sp³-hybridized carbons (Fsp3) is 0.0769. The van der Waals surface area contributed by atoms with Crippen LogP contribution in [0.1, 0.15) is 22.3 Å². The summed E-state index contributed by atoms with van der Waals surface area (Å²) in [4.78, 5) is 0. The van der Waals surface area contributed by atoms with Crippen LogP contribution in [-0.2, 0) is 11.1 Å². The van der Waals surface area contributed by atoms with Crippen molar-refractivity contribution in [2.75, 3.05) is 10.6 Å². The summed E-state index contributed by atoms with van der Waals surface area (Å²) in [5, 5.41) is 9.22. The van der Waals surface area contributed by atoms with Gasteiger partial charge in [0.25, 0.3) is 0 Å². The van der Waals surface area contributed by atoms with Crippen molar-refractivity contribution in [3.05, 3.63) is 129 Å². The summed E-state index contributed by atoms with van der Waals surface area (Å²) in [6.45, 7) is 0. The summed E-state index contributed by atoms with van der Waals surface area (Å²) >= 11 is 13.0. The smallest absolute Gasteiger partial charge is 0.122 e. The summed E-state index contributed by atoms with van der Waals surface area (Å²) in [7, 11) is 0. The Morgan fingerprint density at radius 1 is 0.500 bits per heavy atom. The van der Waals surface area contributed by atoms with Gasteiger partial charge in [-0.15, -0.1) is 0 Å². The van der Waals surface area contributed by atoms with Gasteiger partial charge in [-0.25, -0.2) is 0 Å². The minimum absolute atomic E-state index is 0.580. The average molecular weight is 429 g/mol. The molecule has 2 heterocycles. The van der Waals surface area contributed by atoms with Crippen molar-refractivity contribution in [2.24, 2.45) is 0 Å². The van der Waals surface area contributed by atoms with Crippen molar-refractivity contribution < 1.29 is 0 Å². The molecule has 6 rings (SSSR count). The molecule has 4 aromatic carbocycles. The van der Waals surface area contributed by atoms with Gasteiger partial charge < -0.3 is 10.6 Å². The highest BCUT2D eigenvalue weighted by Crippen LogP contribution is 2.64. The van der Waals surface area contributed by atoms with Crippen LogP contribution < -0.4 is 10.6 Å². The van der Waals surface area contributed by atoms with E-state index in [1.54, 1.807) is 0 Å². The van der Waals surface area contributed by atoms with Gasteiger partial charge >= 0.3 is 0 Å². The minimum Gasteiger partial charge on any atom is -0.369 e. The predicted octanol–water partition coefficient (Wildman–Crippen LogP) is 7.03. The van der Waals surface area contributed by atoms with E-state index in [0.717, 1.165) is 33.6 Å². The number of rotatable bonds is 2. The quantitative estimate of drug-likeness (QED) is 0.357. The van der Waals surface area contributed by atoms with Gasteiger partial charge in [-0.1, -0.05) is 83.9 Å². The van der Waals surface area contributed by atoms with E-state index in [1.807, 2.05) is 24.3 Å². The summed E-state index contributed by atoms with van der Waals surface area (Å²) in [6.07, 6.45) is 0. The lowest BCUT2D eigenvalue weighted by molar-refractivity contribution is 0.439. The molecule has 2 aliphatic rings. The predicted molar refractivity (Wildman–Crippen MR) is 125 cm³/mol. The minimum atomic E-state index is -0.580. The molecule has 0 aliphatic carbocycles. The number of halogens is 2. The van der Waals surface area contributed by atoms with Crippen LogP contribution in [0.25, 0.3) is 0 Å². The van der Waals surface area contributed by atoms with Crippen molar-refractivity contribution >= 4 is 34.6 Å². The second-order valence-corrected chi connectivity index (χ2v) is 8.73. The van der Waals surface area contributed by atoms with Gasteiger partial charge in [-0.3, -0.25) is 0 Å². The highest BCUT2D eigenvalue weighted by atomic mass is 35.5. The zero-order chi connectivity index (χ0) is 20.3. The summed E-state index contributed by atoms with van der Waals surface area (Å²) in [5.74, 6) is 0. The molecule has 0 radical (unpaired) electrons. The number of hydrogen-bond donors (Lipinski definition) is 2. The number of hydrogen-bond acceptors (Lipinski definition) is 2. The van der Waals surface area contributed by atoms with Gasteiger partial charge in [-0.05, 0) is 47.5 Å². The molecule has 2 atom stereocenters. The van der Waals surface area contributed by atoms with Gasteiger partial charge in [-0.2, -0.15) is 0 Å². The molecule has 0 aromatic heterocycles. The zero-order valence-corrected chi connectivity index (χ0v) is 17.5. The number of anilines is 2. The molecule has 0 fully saturated rings. The van der Waals surface area contributed by atoms with E-state index in [1.165, 1.54) is 0 Å². The monoisotopic (exact) mass is 428 g/mol. The third-order valence-electron chi connectivity index (χ3n) is 6.39. The van der Waals surface area contributed by atoms with Crippen LogP contribution in [0.4, 0.5) is 11.4 Å². The molecule has 0 saturated carbocycles. The lowest BCUT2D eigenvalue weighted by Crippen LogP contribution is -2.51. The van der Waals surface area contributed by atoms with Gasteiger partial charge in [0, 0.05) is 32.5 Å². The van der Waals surface area contributed by atoms with Crippen molar-refractivity contribution in [1.82, 2.24) is 0 Å². The molecular weight excluding hydrogens is 411 g/mol. The maximum Gasteiger partial charge on any atom is 0.122 e. The Hall–Kier alpha value is -2.94. The number of benzene rings is 4. The molecule has 0 unspecified atom stereocenters. The first-order valence-corrected chi connectivity index (χ1v) is 10.7. The second kappa shape index (κ2) is 6.28. The topological polar surface area (TPSA) is 24.1 Å². The van der Waals surface area contributed by atoms with E-state index in [2.05, 4.69) is 83.4 Å². The lowest BCUT2D eigenvalue weighted by atomic mass is 9.66. The van der Waals surface area contributed by atoms with Crippen LogP contribution in [0.5, 0.6) is 0 Å². The van der Waals surface area contributed by atoms with E-state index < -0.39 is 11.1 Å². The highest BCUT2D eigenvalue weighted by molar-refractivity contribution is 6.31. The standard InChI is InChI=1S/C26H18Cl2N2/c27-19-11-13-23-21(15-19)25(17-7-3-1-4-8-17)26(30-23,18-9-5-2-6-10-18)22-16-20(28)12-14-24(22)29-25/h1-16,29-30H/t25-,26-/m1/s1. The van der Waals surface area contributed by atoms with Gasteiger partial charge in [0.1, 0.15) is 11.1 Å². The van der Waals surface area contributed by atoms with Crippen LogP contribution in [0, 0.1) is 0 Å². The first-order chi connectivity index (χ1) is 14.6. The van der Waals surface area contributed by atoms with Crippen LogP contribution in [0.2, 0.25) is 10.0 Å². The Balaban J connectivity index is 1.79. The van der Waals surface area contributed by atoms with Crippen LogP contribution >= 0.6 is 23.2 Å². The van der Waals surface area contributed by atoms with Crippen LogP contribution in [0.3, 0.4) is 0 Å². The molecular formula is C26H18Cl2N2. The lowest BCUT2D eigenvalue weighted by Gasteiger charge is -2.42. The maximum atomic E-state index is 6.51. The second-order valence-electron chi connectivity index (χ2n) is 7.86. The van der Waals surface area contributed by atoms with Crippen molar-refractivity contribution in [2.45, 2.75) is 11.1 Å².